The summed E-state index contributed by atoms with van der Waals surface area (Å²) in [6.45, 7) is 3.87. The molecular weight excluding hydrogens is 324 g/mol. The first kappa shape index (κ1) is 14.9. The first-order chi connectivity index (χ1) is 12.6. The third-order valence-corrected chi connectivity index (χ3v) is 5.12. The van der Waals surface area contributed by atoms with Gasteiger partial charge in [-0.25, -0.2) is 0 Å². The van der Waals surface area contributed by atoms with Crippen molar-refractivity contribution in [3.8, 4) is 0 Å². The second-order valence-corrected chi connectivity index (χ2v) is 6.75. The Bertz CT molecular complexity index is 1220. The number of ketones is 1. The molecule has 1 aliphatic heterocycles. The third-order valence-electron chi connectivity index (χ3n) is 5.12. The summed E-state index contributed by atoms with van der Waals surface area (Å²) < 4.78 is 3.83. The summed E-state index contributed by atoms with van der Waals surface area (Å²) >= 11 is 0. The molecule has 3 aromatic heterocycles. The molecule has 4 heteroatoms. The Morgan fingerprint density at radius 2 is 1.85 bits per heavy atom. The summed E-state index contributed by atoms with van der Waals surface area (Å²) in [5, 5.41) is 13.0. The Labute approximate surface area is 150 Å². The van der Waals surface area contributed by atoms with Crippen LogP contribution in [-0.4, -0.2) is 10.2 Å². The van der Waals surface area contributed by atoms with E-state index in [0.29, 0.717) is 11.4 Å². The molecule has 4 nitrogen and oxygen atoms in total. The fourth-order valence-corrected chi connectivity index (χ4v) is 3.97. The van der Waals surface area contributed by atoms with Crippen LogP contribution in [0.3, 0.4) is 0 Å². The van der Waals surface area contributed by atoms with E-state index in [-0.39, 0.29) is 22.7 Å². The standard InChI is InChI=1S/C22H16N2O2/c1-13-11-15-7-3-5-9-23(15)19(13)17-21(25)18(22(17)26)20-14(2)12-16-8-4-6-10-24(16)20/h3-12H,1-2H3. The van der Waals surface area contributed by atoms with Gasteiger partial charge in [0.2, 0.25) is 17.2 Å². The lowest BCUT2D eigenvalue weighted by atomic mass is 9.82. The highest BCUT2D eigenvalue weighted by atomic mass is 16.3. The molecule has 0 saturated heterocycles. The quantitative estimate of drug-likeness (QED) is 0.505. The zero-order chi connectivity index (χ0) is 18.0. The minimum atomic E-state index is -0.172. The fourth-order valence-electron chi connectivity index (χ4n) is 3.97. The number of aromatic nitrogens is 2. The van der Waals surface area contributed by atoms with Crippen LogP contribution < -0.4 is 9.67 Å². The Hall–Kier alpha value is -3.40. The Balaban J connectivity index is 1.76. The van der Waals surface area contributed by atoms with E-state index in [1.807, 2.05) is 83.7 Å². The number of carbonyl (C=O) groups excluding carboxylic acids is 1. The highest BCUT2D eigenvalue weighted by molar-refractivity contribution is 6.40. The van der Waals surface area contributed by atoms with Crippen LogP contribution in [0.25, 0.3) is 22.9 Å². The van der Waals surface area contributed by atoms with Crippen LogP contribution in [-0.2, 0) is 4.79 Å². The van der Waals surface area contributed by atoms with Crippen LogP contribution in [0.2, 0.25) is 0 Å². The molecule has 0 fully saturated rings. The Morgan fingerprint density at radius 1 is 1.04 bits per heavy atom. The lowest BCUT2D eigenvalue weighted by Gasteiger charge is -2.30. The van der Waals surface area contributed by atoms with E-state index in [9.17, 15) is 9.90 Å². The molecule has 0 N–H and O–H groups in total. The van der Waals surface area contributed by atoms with E-state index >= 15 is 0 Å². The SMILES string of the molecule is CC1=Cc2cccc[n+]2C1=C1C(=O)C(c2c(C)cc3ccccn23)=C1[O-]. The molecule has 0 saturated carbocycles. The molecule has 5 rings (SSSR count). The van der Waals surface area contributed by atoms with E-state index in [1.165, 1.54) is 0 Å². The van der Waals surface area contributed by atoms with Crippen LogP contribution >= 0.6 is 0 Å². The average Bonchev–Trinajstić information content (AvgIpc) is 3.13. The molecule has 0 atom stereocenters. The molecular formula is C22H16N2O2. The first-order valence-electron chi connectivity index (χ1n) is 8.55. The zero-order valence-electron chi connectivity index (χ0n) is 14.5. The van der Waals surface area contributed by atoms with Crippen molar-refractivity contribution >= 4 is 28.6 Å². The van der Waals surface area contributed by atoms with Gasteiger partial charge in [-0.15, -0.1) is 0 Å². The van der Waals surface area contributed by atoms with E-state index in [0.717, 1.165) is 22.3 Å². The molecule has 0 aromatic carbocycles. The van der Waals surface area contributed by atoms with Crippen LogP contribution in [0.5, 0.6) is 0 Å². The summed E-state index contributed by atoms with van der Waals surface area (Å²) in [6, 6.07) is 13.6. The summed E-state index contributed by atoms with van der Waals surface area (Å²) in [5.74, 6) is -0.345. The number of hydrogen-bond donors (Lipinski definition) is 0. The highest BCUT2D eigenvalue weighted by Gasteiger charge is 2.39. The molecule has 26 heavy (non-hydrogen) atoms. The second kappa shape index (κ2) is 5.05. The maximum absolute atomic E-state index is 13.0. The fraction of sp³-hybridized carbons (Fsp3) is 0.0909. The number of hydrogen-bond acceptors (Lipinski definition) is 2. The largest absolute Gasteiger partial charge is 0.871 e. The van der Waals surface area contributed by atoms with Gasteiger partial charge in [-0.1, -0.05) is 11.8 Å². The van der Waals surface area contributed by atoms with Gasteiger partial charge in [0.1, 0.15) is 0 Å². The average molecular weight is 340 g/mol. The summed E-state index contributed by atoms with van der Waals surface area (Å²) in [4.78, 5) is 13.0. The lowest BCUT2D eigenvalue weighted by Crippen LogP contribution is -2.39. The number of allylic oxidation sites excluding steroid dienone is 4. The van der Waals surface area contributed by atoms with Crippen molar-refractivity contribution in [3.63, 3.8) is 0 Å². The number of fused-ring (bicyclic) bond motifs is 2. The van der Waals surface area contributed by atoms with Crippen molar-refractivity contribution in [1.82, 2.24) is 4.40 Å². The number of Topliss-reactive ketones (excluding diaryl/α,β-unsaturated/α-hetero) is 1. The maximum atomic E-state index is 13.0. The van der Waals surface area contributed by atoms with Crippen molar-refractivity contribution < 1.29 is 14.5 Å². The van der Waals surface area contributed by atoms with E-state index in [1.54, 1.807) is 0 Å². The Morgan fingerprint density at radius 3 is 2.65 bits per heavy atom. The molecule has 0 spiro atoms. The number of aryl methyl sites for hydroxylation is 1. The van der Waals surface area contributed by atoms with E-state index in [2.05, 4.69) is 0 Å². The van der Waals surface area contributed by atoms with Crippen molar-refractivity contribution in [2.45, 2.75) is 13.8 Å². The van der Waals surface area contributed by atoms with Gasteiger partial charge in [0, 0.05) is 41.1 Å². The van der Waals surface area contributed by atoms with Gasteiger partial charge in [-0.3, -0.25) is 4.79 Å². The second-order valence-electron chi connectivity index (χ2n) is 6.75. The van der Waals surface area contributed by atoms with Gasteiger partial charge in [0.15, 0.2) is 6.20 Å². The van der Waals surface area contributed by atoms with Crippen molar-refractivity contribution in [2.75, 3.05) is 0 Å². The molecule has 126 valence electrons. The van der Waals surface area contributed by atoms with Gasteiger partial charge in [0.05, 0.1) is 11.3 Å². The third kappa shape index (κ3) is 1.78. The van der Waals surface area contributed by atoms with Gasteiger partial charge in [0.25, 0.3) is 0 Å². The van der Waals surface area contributed by atoms with Crippen molar-refractivity contribution in [2.24, 2.45) is 0 Å². The normalized spacial score (nSPS) is 19.0. The summed E-state index contributed by atoms with van der Waals surface area (Å²) in [7, 11) is 0. The molecule has 0 unspecified atom stereocenters. The number of rotatable bonds is 1. The molecule has 1 aliphatic carbocycles. The minimum Gasteiger partial charge on any atom is -0.871 e. The smallest absolute Gasteiger partial charge is 0.224 e. The number of pyridine rings is 2. The van der Waals surface area contributed by atoms with Crippen LogP contribution in [0, 0.1) is 6.92 Å². The maximum Gasteiger partial charge on any atom is 0.224 e. The lowest BCUT2D eigenvalue weighted by molar-refractivity contribution is -0.578. The first-order valence-corrected chi connectivity index (χ1v) is 8.55. The predicted molar refractivity (Wildman–Crippen MR) is 97.6 cm³/mol. The van der Waals surface area contributed by atoms with Crippen LogP contribution in [0.15, 0.2) is 71.8 Å². The molecule has 0 radical (unpaired) electrons. The van der Waals surface area contributed by atoms with Crippen molar-refractivity contribution in [1.29, 1.82) is 0 Å². The monoisotopic (exact) mass is 340 g/mol. The minimum absolute atomic E-state index is 0.172. The molecule has 3 aromatic rings. The van der Waals surface area contributed by atoms with Gasteiger partial charge in [-0.05, 0) is 43.7 Å². The summed E-state index contributed by atoms with van der Waals surface area (Å²) in [5.41, 5.74) is 5.81. The van der Waals surface area contributed by atoms with Crippen molar-refractivity contribution in [3.05, 3.63) is 88.7 Å². The number of nitrogens with zero attached hydrogens (tertiary/aromatic N) is 2. The van der Waals surface area contributed by atoms with Gasteiger partial charge in [-0.2, -0.15) is 4.57 Å². The predicted octanol–water partition coefficient (Wildman–Crippen LogP) is 2.52. The molecule has 0 bridgehead atoms. The van der Waals surface area contributed by atoms with Gasteiger partial charge >= 0.3 is 0 Å². The highest BCUT2D eigenvalue weighted by Crippen LogP contribution is 2.41. The van der Waals surface area contributed by atoms with Crippen LogP contribution in [0.4, 0.5) is 0 Å². The van der Waals surface area contributed by atoms with Crippen LogP contribution in [0.1, 0.15) is 23.9 Å². The summed E-state index contributed by atoms with van der Waals surface area (Å²) in [6.07, 6.45) is 5.78. The molecule has 4 heterocycles. The van der Waals surface area contributed by atoms with E-state index in [4.69, 9.17) is 0 Å². The molecule has 2 aliphatic rings. The molecule has 0 amide bonds. The Kier molecular flexibility index (Phi) is 2.89. The zero-order valence-corrected chi connectivity index (χ0v) is 14.5. The number of carbonyl (C=O) groups is 1. The topological polar surface area (TPSA) is 48.4 Å². The van der Waals surface area contributed by atoms with Gasteiger partial charge < -0.3 is 9.51 Å². The van der Waals surface area contributed by atoms with E-state index < -0.39 is 0 Å².